The molecule has 0 bridgehead atoms. The van der Waals surface area contributed by atoms with Crippen molar-refractivity contribution in [3.63, 3.8) is 0 Å². The minimum atomic E-state index is 0.223. The summed E-state index contributed by atoms with van der Waals surface area (Å²) in [4.78, 5) is 0.919. The second-order valence-electron chi connectivity index (χ2n) is 4.30. The fourth-order valence-electron chi connectivity index (χ4n) is 1.69. The van der Waals surface area contributed by atoms with Gasteiger partial charge < -0.3 is 9.15 Å². The SMILES string of the molecule is Cc1cc(OCc2nnc(-c3ccc(Br)s3)o2)ccc1Cl. The minimum absolute atomic E-state index is 0.223. The molecule has 0 fully saturated rings. The molecule has 0 N–H and O–H groups in total. The molecule has 0 unspecified atom stereocenters. The monoisotopic (exact) mass is 384 g/mol. The number of aromatic nitrogens is 2. The second-order valence-corrected chi connectivity index (χ2v) is 7.17. The lowest BCUT2D eigenvalue weighted by Gasteiger charge is -2.05. The van der Waals surface area contributed by atoms with Crippen LogP contribution >= 0.6 is 38.9 Å². The molecule has 1 aromatic carbocycles. The van der Waals surface area contributed by atoms with Gasteiger partial charge in [0.2, 0.25) is 0 Å². The van der Waals surface area contributed by atoms with E-state index in [0.717, 1.165) is 20.0 Å². The molecule has 0 amide bonds. The van der Waals surface area contributed by atoms with Gasteiger partial charge in [-0.1, -0.05) is 11.6 Å². The van der Waals surface area contributed by atoms with Gasteiger partial charge in [0, 0.05) is 5.02 Å². The number of aryl methyl sites for hydroxylation is 1. The molecule has 0 spiro atoms. The smallest absolute Gasteiger partial charge is 0.257 e. The fourth-order valence-corrected chi connectivity index (χ4v) is 3.12. The summed E-state index contributed by atoms with van der Waals surface area (Å²) >= 11 is 10.9. The van der Waals surface area contributed by atoms with Crippen LogP contribution in [0.1, 0.15) is 11.5 Å². The van der Waals surface area contributed by atoms with Crippen molar-refractivity contribution < 1.29 is 9.15 Å². The number of nitrogens with zero attached hydrogens (tertiary/aromatic N) is 2. The molecule has 0 aliphatic heterocycles. The zero-order chi connectivity index (χ0) is 14.8. The van der Waals surface area contributed by atoms with Crippen molar-refractivity contribution in [2.24, 2.45) is 0 Å². The Kier molecular flexibility index (Phi) is 4.28. The third-order valence-electron chi connectivity index (χ3n) is 2.74. The van der Waals surface area contributed by atoms with Crippen LogP contribution in [0.15, 0.2) is 38.5 Å². The maximum atomic E-state index is 5.97. The van der Waals surface area contributed by atoms with Crippen molar-refractivity contribution in [2.75, 3.05) is 0 Å². The molecule has 2 aromatic heterocycles. The molecular weight excluding hydrogens is 376 g/mol. The summed E-state index contributed by atoms with van der Waals surface area (Å²) in [6, 6.07) is 9.35. The van der Waals surface area contributed by atoms with E-state index in [-0.39, 0.29) is 6.61 Å². The van der Waals surface area contributed by atoms with Gasteiger partial charge in [0.15, 0.2) is 6.61 Å². The summed E-state index contributed by atoms with van der Waals surface area (Å²) in [5.74, 6) is 1.65. The van der Waals surface area contributed by atoms with Crippen LogP contribution in [0.2, 0.25) is 5.02 Å². The minimum Gasteiger partial charge on any atom is -0.484 e. The van der Waals surface area contributed by atoms with Crippen molar-refractivity contribution in [1.29, 1.82) is 0 Å². The lowest BCUT2D eigenvalue weighted by atomic mass is 10.2. The Hall–Kier alpha value is -1.37. The number of hydrogen-bond donors (Lipinski definition) is 0. The molecule has 7 heteroatoms. The summed E-state index contributed by atoms with van der Waals surface area (Å²) in [5.41, 5.74) is 0.962. The van der Waals surface area contributed by atoms with Gasteiger partial charge in [0.05, 0.1) is 8.66 Å². The van der Waals surface area contributed by atoms with Gasteiger partial charge >= 0.3 is 0 Å². The van der Waals surface area contributed by atoms with Crippen molar-refractivity contribution >= 4 is 38.9 Å². The number of benzene rings is 1. The predicted octanol–water partition coefficient (Wildman–Crippen LogP) is 5.10. The zero-order valence-electron chi connectivity index (χ0n) is 11.0. The highest BCUT2D eigenvalue weighted by atomic mass is 79.9. The van der Waals surface area contributed by atoms with Crippen molar-refractivity contribution in [2.45, 2.75) is 13.5 Å². The molecular formula is C14H10BrClN2O2S. The van der Waals surface area contributed by atoms with Crippen LogP contribution in [0.3, 0.4) is 0 Å². The van der Waals surface area contributed by atoms with Gasteiger partial charge in [-0.05, 0) is 58.7 Å². The third kappa shape index (κ3) is 3.45. The molecule has 0 saturated carbocycles. The van der Waals surface area contributed by atoms with Crippen LogP contribution in [-0.4, -0.2) is 10.2 Å². The molecule has 108 valence electrons. The van der Waals surface area contributed by atoms with Gasteiger partial charge in [-0.15, -0.1) is 21.5 Å². The Labute approximate surface area is 138 Å². The lowest BCUT2D eigenvalue weighted by Crippen LogP contribution is -1.96. The van der Waals surface area contributed by atoms with E-state index >= 15 is 0 Å². The topological polar surface area (TPSA) is 48.2 Å². The summed E-state index contributed by atoms with van der Waals surface area (Å²) in [5, 5.41) is 8.71. The maximum absolute atomic E-state index is 5.97. The molecule has 0 aliphatic carbocycles. The van der Waals surface area contributed by atoms with E-state index in [4.69, 9.17) is 20.8 Å². The normalized spacial score (nSPS) is 10.8. The molecule has 0 atom stereocenters. The van der Waals surface area contributed by atoms with E-state index in [9.17, 15) is 0 Å². The van der Waals surface area contributed by atoms with Crippen LogP contribution in [0.5, 0.6) is 5.75 Å². The molecule has 0 aliphatic rings. The Morgan fingerprint density at radius 3 is 2.86 bits per heavy atom. The molecule has 21 heavy (non-hydrogen) atoms. The first kappa shape index (κ1) is 14.6. The molecule has 2 heterocycles. The van der Waals surface area contributed by atoms with E-state index < -0.39 is 0 Å². The third-order valence-corrected chi connectivity index (χ3v) is 4.78. The fraction of sp³-hybridized carbons (Fsp3) is 0.143. The summed E-state index contributed by atoms with van der Waals surface area (Å²) in [6.45, 7) is 2.15. The highest BCUT2D eigenvalue weighted by molar-refractivity contribution is 9.11. The molecule has 0 radical (unpaired) electrons. The first-order valence-corrected chi connectivity index (χ1v) is 8.07. The van der Waals surface area contributed by atoms with Crippen LogP contribution in [0.25, 0.3) is 10.8 Å². The van der Waals surface area contributed by atoms with Crippen molar-refractivity contribution in [3.8, 4) is 16.5 Å². The molecule has 4 nitrogen and oxygen atoms in total. The standard InChI is InChI=1S/C14H10BrClN2O2S/c1-8-6-9(2-3-10(8)16)19-7-13-17-18-14(20-13)11-4-5-12(15)21-11/h2-6H,7H2,1H3. The summed E-state index contributed by atoms with van der Waals surface area (Å²) < 4.78 is 12.2. The Balaban J connectivity index is 1.68. The number of hydrogen-bond acceptors (Lipinski definition) is 5. The van der Waals surface area contributed by atoms with Gasteiger partial charge in [-0.3, -0.25) is 0 Å². The maximum Gasteiger partial charge on any atom is 0.257 e. The van der Waals surface area contributed by atoms with Gasteiger partial charge in [0.25, 0.3) is 11.8 Å². The first-order chi connectivity index (χ1) is 10.1. The van der Waals surface area contributed by atoms with E-state index in [1.54, 1.807) is 6.07 Å². The zero-order valence-corrected chi connectivity index (χ0v) is 14.1. The lowest BCUT2D eigenvalue weighted by molar-refractivity contribution is 0.264. The van der Waals surface area contributed by atoms with Crippen LogP contribution in [0.4, 0.5) is 0 Å². The van der Waals surface area contributed by atoms with E-state index in [2.05, 4.69) is 26.1 Å². The van der Waals surface area contributed by atoms with E-state index in [0.29, 0.717) is 16.8 Å². The average Bonchev–Trinajstić information content (AvgIpc) is 3.09. The van der Waals surface area contributed by atoms with Crippen LogP contribution in [-0.2, 0) is 6.61 Å². The van der Waals surface area contributed by atoms with Crippen LogP contribution in [0, 0.1) is 6.92 Å². The van der Waals surface area contributed by atoms with Gasteiger partial charge in [0.1, 0.15) is 5.75 Å². The van der Waals surface area contributed by atoms with Crippen molar-refractivity contribution in [3.05, 3.63) is 50.6 Å². The number of halogens is 2. The Morgan fingerprint density at radius 2 is 2.14 bits per heavy atom. The Bertz CT molecular complexity index is 772. The molecule has 3 rings (SSSR count). The number of ether oxygens (including phenoxy) is 1. The highest BCUT2D eigenvalue weighted by Crippen LogP contribution is 2.30. The summed E-state index contributed by atoms with van der Waals surface area (Å²) in [6.07, 6.45) is 0. The largest absolute Gasteiger partial charge is 0.484 e. The first-order valence-electron chi connectivity index (χ1n) is 6.09. The molecule has 3 aromatic rings. The van der Waals surface area contributed by atoms with E-state index in [1.807, 2.05) is 31.2 Å². The predicted molar refractivity (Wildman–Crippen MR) is 85.8 cm³/mol. The van der Waals surface area contributed by atoms with Crippen LogP contribution < -0.4 is 4.74 Å². The number of rotatable bonds is 4. The number of thiophene rings is 1. The van der Waals surface area contributed by atoms with Crippen molar-refractivity contribution in [1.82, 2.24) is 10.2 Å². The Morgan fingerprint density at radius 1 is 1.29 bits per heavy atom. The average molecular weight is 386 g/mol. The second kappa shape index (κ2) is 6.17. The molecule has 0 saturated heterocycles. The van der Waals surface area contributed by atoms with Gasteiger partial charge in [-0.2, -0.15) is 0 Å². The van der Waals surface area contributed by atoms with E-state index in [1.165, 1.54) is 11.3 Å². The quantitative estimate of drug-likeness (QED) is 0.627. The highest BCUT2D eigenvalue weighted by Gasteiger charge is 2.11. The summed E-state index contributed by atoms with van der Waals surface area (Å²) in [7, 11) is 0. The van der Waals surface area contributed by atoms with Gasteiger partial charge in [-0.25, -0.2) is 0 Å².